The summed E-state index contributed by atoms with van der Waals surface area (Å²) in [5, 5.41) is 1.93. The third kappa shape index (κ3) is 6.49. The van der Waals surface area contributed by atoms with Gasteiger partial charge in [-0.1, -0.05) is 36.1 Å². The number of benzene rings is 2. The fourth-order valence-electron chi connectivity index (χ4n) is 2.88. The van der Waals surface area contributed by atoms with Gasteiger partial charge in [-0.2, -0.15) is 0 Å². The fraction of sp³-hybridized carbons (Fsp3) is 0.440. The predicted molar refractivity (Wildman–Crippen MR) is 118 cm³/mol. The van der Waals surface area contributed by atoms with Crippen molar-refractivity contribution in [2.24, 2.45) is 0 Å². The minimum atomic E-state index is -0.582. The summed E-state index contributed by atoms with van der Waals surface area (Å²) in [6.45, 7) is 9.75. The number of rotatable bonds is 9. The van der Waals surface area contributed by atoms with Crippen LogP contribution in [0.5, 0.6) is 5.75 Å². The van der Waals surface area contributed by atoms with E-state index in [4.69, 9.17) is 23.7 Å². The molecule has 0 saturated carbocycles. The molecule has 0 unspecified atom stereocenters. The van der Waals surface area contributed by atoms with Crippen LogP contribution in [0.4, 0.5) is 0 Å². The van der Waals surface area contributed by atoms with Gasteiger partial charge in [-0.3, -0.25) is 0 Å². The monoisotopic (exact) mass is 410 g/mol. The Balaban J connectivity index is 2.55. The van der Waals surface area contributed by atoms with Crippen molar-refractivity contribution in [1.82, 2.24) is 0 Å². The van der Waals surface area contributed by atoms with Crippen LogP contribution in [-0.4, -0.2) is 46.1 Å². The third-order valence-corrected chi connectivity index (χ3v) is 4.14. The number of ether oxygens (including phenoxy) is 5. The first-order valence-corrected chi connectivity index (χ1v) is 10.3. The first kappa shape index (κ1) is 23.7. The smallest absolute Gasteiger partial charge is 0.222 e. The summed E-state index contributed by atoms with van der Waals surface area (Å²) in [5.74, 6) is 13.1. The van der Waals surface area contributed by atoms with Gasteiger partial charge in [-0.25, -0.2) is 0 Å². The van der Waals surface area contributed by atoms with Gasteiger partial charge in [0.25, 0.3) is 0 Å². The van der Waals surface area contributed by atoms with Crippen LogP contribution in [0.3, 0.4) is 0 Å². The van der Waals surface area contributed by atoms with Gasteiger partial charge in [-0.05, 0) is 51.0 Å². The van der Waals surface area contributed by atoms with E-state index in [0.29, 0.717) is 32.2 Å². The van der Waals surface area contributed by atoms with Crippen LogP contribution < -0.4 is 4.74 Å². The molecule has 5 heteroatoms. The lowest BCUT2D eigenvalue weighted by molar-refractivity contribution is -0.0972. The molecule has 0 fully saturated rings. The average molecular weight is 411 g/mol. The summed E-state index contributed by atoms with van der Waals surface area (Å²) in [7, 11) is 1.62. The third-order valence-electron chi connectivity index (χ3n) is 4.14. The zero-order chi connectivity index (χ0) is 21.8. The molecular formula is C25H30O5. The molecule has 30 heavy (non-hydrogen) atoms. The molecule has 0 bridgehead atoms. The molecule has 0 heterocycles. The second kappa shape index (κ2) is 12.9. The zero-order valence-electron chi connectivity index (χ0n) is 18.4. The molecule has 0 aliphatic heterocycles. The summed E-state index contributed by atoms with van der Waals surface area (Å²) >= 11 is 0. The molecule has 0 aliphatic rings. The molecule has 2 aromatic rings. The van der Waals surface area contributed by atoms with Crippen LogP contribution in [0.2, 0.25) is 0 Å². The number of hydrogen-bond donors (Lipinski definition) is 0. The molecule has 0 spiro atoms. The van der Waals surface area contributed by atoms with E-state index in [1.807, 2.05) is 58.0 Å². The summed E-state index contributed by atoms with van der Waals surface area (Å²) in [5.41, 5.74) is 1.60. The Hall–Kier alpha value is -2.54. The highest BCUT2D eigenvalue weighted by atomic mass is 16.7. The van der Waals surface area contributed by atoms with Crippen molar-refractivity contribution >= 4 is 10.8 Å². The fourth-order valence-corrected chi connectivity index (χ4v) is 2.88. The highest BCUT2D eigenvalue weighted by Crippen LogP contribution is 2.30. The van der Waals surface area contributed by atoms with Crippen molar-refractivity contribution in [3.8, 4) is 29.4 Å². The maximum absolute atomic E-state index is 5.63. The quantitative estimate of drug-likeness (QED) is 0.454. The molecule has 0 N–H and O–H groups in total. The van der Waals surface area contributed by atoms with Crippen LogP contribution in [0.15, 0.2) is 30.3 Å². The van der Waals surface area contributed by atoms with Crippen molar-refractivity contribution in [3.05, 3.63) is 41.5 Å². The van der Waals surface area contributed by atoms with Crippen LogP contribution in [0, 0.1) is 23.7 Å². The first-order valence-electron chi connectivity index (χ1n) is 10.3. The van der Waals surface area contributed by atoms with Gasteiger partial charge in [0.2, 0.25) is 12.6 Å². The molecule has 0 atom stereocenters. The highest BCUT2D eigenvalue weighted by molar-refractivity contribution is 5.95. The normalized spacial score (nSPS) is 10.6. The van der Waals surface area contributed by atoms with E-state index >= 15 is 0 Å². The second-order valence-corrected chi connectivity index (χ2v) is 6.07. The van der Waals surface area contributed by atoms with Crippen LogP contribution in [0.25, 0.3) is 10.8 Å². The lowest BCUT2D eigenvalue weighted by Gasteiger charge is -2.12. The molecule has 0 saturated heterocycles. The molecule has 2 rings (SSSR count). The molecule has 160 valence electrons. The van der Waals surface area contributed by atoms with Crippen molar-refractivity contribution in [2.75, 3.05) is 33.5 Å². The Labute approximate surface area is 179 Å². The lowest BCUT2D eigenvalue weighted by Crippen LogP contribution is -2.15. The maximum Gasteiger partial charge on any atom is 0.222 e. The van der Waals surface area contributed by atoms with Crippen molar-refractivity contribution in [2.45, 2.75) is 40.3 Å². The van der Waals surface area contributed by atoms with Crippen LogP contribution in [0.1, 0.15) is 38.8 Å². The number of hydrogen-bond acceptors (Lipinski definition) is 5. The minimum Gasteiger partial charge on any atom is -0.495 e. The first-order chi connectivity index (χ1) is 14.7. The van der Waals surface area contributed by atoms with Crippen molar-refractivity contribution in [3.63, 3.8) is 0 Å². The molecule has 0 radical (unpaired) electrons. The topological polar surface area (TPSA) is 46.2 Å². The molecule has 0 aliphatic carbocycles. The zero-order valence-corrected chi connectivity index (χ0v) is 18.4. The SMILES string of the molecule is CCOC(C#Cc1cc(OC)c(C#CC(OCC)OCC)c2ccccc12)OCC. The Kier molecular flexibility index (Phi) is 10.2. The van der Waals surface area contributed by atoms with E-state index < -0.39 is 12.6 Å². The summed E-state index contributed by atoms with van der Waals surface area (Å²) in [6, 6.07) is 9.86. The average Bonchev–Trinajstić information content (AvgIpc) is 2.76. The van der Waals surface area contributed by atoms with Crippen LogP contribution in [-0.2, 0) is 18.9 Å². The number of fused-ring (bicyclic) bond motifs is 1. The lowest BCUT2D eigenvalue weighted by atomic mass is 9.98. The van der Waals surface area contributed by atoms with E-state index in [1.54, 1.807) is 7.11 Å². The highest BCUT2D eigenvalue weighted by Gasteiger charge is 2.12. The van der Waals surface area contributed by atoms with Crippen molar-refractivity contribution in [1.29, 1.82) is 0 Å². The molecule has 0 amide bonds. The predicted octanol–water partition coefficient (Wildman–Crippen LogP) is 4.35. The van der Waals surface area contributed by atoms with Gasteiger partial charge in [0, 0.05) is 37.4 Å². The number of methoxy groups -OCH3 is 1. The van der Waals surface area contributed by atoms with Gasteiger partial charge >= 0.3 is 0 Å². The molecular weight excluding hydrogens is 380 g/mol. The van der Waals surface area contributed by atoms with E-state index in [2.05, 4.69) is 23.7 Å². The van der Waals surface area contributed by atoms with Crippen LogP contribution >= 0.6 is 0 Å². The minimum absolute atomic E-state index is 0.520. The van der Waals surface area contributed by atoms with E-state index in [9.17, 15) is 0 Å². The second-order valence-electron chi connectivity index (χ2n) is 6.07. The summed E-state index contributed by atoms with van der Waals surface area (Å²) < 4.78 is 27.8. The summed E-state index contributed by atoms with van der Waals surface area (Å²) in [4.78, 5) is 0. The van der Waals surface area contributed by atoms with Gasteiger partial charge < -0.3 is 23.7 Å². The maximum atomic E-state index is 5.63. The Morgan fingerprint density at radius 3 is 1.73 bits per heavy atom. The molecule has 2 aromatic carbocycles. The standard InChI is InChI=1S/C25H30O5/c1-6-27-24(28-7-2)16-14-19-18-23(26-5)22(21-13-11-10-12-20(19)21)15-17-25(29-8-3)30-9-4/h10-13,18,24-25H,6-9H2,1-5H3. The molecule has 5 nitrogen and oxygen atoms in total. The van der Waals surface area contributed by atoms with E-state index in [-0.39, 0.29) is 0 Å². The van der Waals surface area contributed by atoms with Gasteiger partial charge in [0.15, 0.2) is 0 Å². The van der Waals surface area contributed by atoms with E-state index in [1.165, 1.54) is 0 Å². The van der Waals surface area contributed by atoms with Gasteiger partial charge in [0.05, 0.1) is 12.7 Å². The Morgan fingerprint density at radius 2 is 1.23 bits per heavy atom. The largest absolute Gasteiger partial charge is 0.495 e. The van der Waals surface area contributed by atoms with Gasteiger partial charge in [-0.15, -0.1) is 0 Å². The summed E-state index contributed by atoms with van der Waals surface area (Å²) in [6.07, 6.45) is -1.15. The van der Waals surface area contributed by atoms with E-state index in [0.717, 1.165) is 21.9 Å². The van der Waals surface area contributed by atoms with Gasteiger partial charge in [0.1, 0.15) is 5.75 Å². The van der Waals surface area contributed by atoms with Crippen molar-refractivity contribution < 1.29 is 23.7 Å². The molecule has 0 aromatic heterocycles. The Morgan fingerprint density at radius 1 is 0.733 bits per heavy atom. The Bertz CT molecular complexity index is 917.